The lowest BCUT2D eigenvalue weighted by molar-refractivity contribution is -0.135. The molecular weight excluding hydrogens is 416 g/mol. The topological polar surface area (TPSA) is 90.0 Å². The van der Waals surface area contributed by atoms with Crippen LogP contribution < -0.4 is 4.72 Å². The van der Waals surface area contributed by atoms with Gasteiger partial charge >= 0.3 is 0 Å². The Morgan fingerprint density at radius 1 is 1.00 bits per heavy atom. The summed E-state index contributed by atoms with van der Waals surface area (Å²) in [5.41, 5.74) is 0. The third-order valence-electron chi connectivity index (χ3n) is 5.33. The van der Waals surface area contributed by atoms with Gasteiger partial charge in [0.25, 0.3) is 0 Å². The van der Waals surface area contributed by atoms with Crippen LogP contribution in [0.3, 0.4) is 0 Å². The van der Waals surface area contributed by atoms with Crippen molar-refractivity contribution < 1.29 is 18.0 Å². The van der Waals surface area contributed by atoms with Gasteiger partial charge < -0.3 is 9.80 Å². The number of benzene rings is 1. The minimum atomic E-state index is -3.81. The molecule has 2 fully saturated rings. The summed E-state index contributed by atoms with van der Waals surface area (Å²) >= 11 is 5.80. The van der Waals surface area contributed by atoms with Crippen LogP contribution in [0.2, 0.25) is 5.02 Å². The number of hydrogen-bond acceptors (Lipinski definition) is 5. The molecule has 0 radical (unpaired) electrons. The molecule has 0 saturated carbocycles. The van der Waals surface area contributed by atoms with Crippen LogP contribution in [-0.4, -0.2) is 86.8 Å². The summed E-state index contributed by atoms with van der Waals surface area (Å²) in [5, 5.41) is 0.439. The van der Waals surface area contributed by atoms with Gasteiger partial charge in [-0.3, -0.25) is 14.5 Å². The molecule has 10 heteroatoms. The van der Waals surface area contributed by atoms with Crippen molar-refractivity contribution in [1.29, 1.82) is 0 Å². The number of carbonyl (C=O) groups excluding carboxylic acids is 2. The quantitative estimate of drug-likeness (QED) is 0.703. The first-order valence-corrected chi connectivity index (χ1v) is 11.7. The highest BCUT2D eigenvalue weighted by molar-refractivity contribution is 7.89. The summed E-state index contributed by atoms with van der Waals surface area (Å²) in [4.78, 5) is 30.6. The summed E-state index contributed by atoms with van der Waals surface area (Å²) < 4.78 is 27.4. The van der Waals surface area contributed by atoms with Gasteiger partial charge in [-0.15, -0.1) is 0 Å². The molecule has 2 heterocycles. The van der Waals surface area contributed by atoms with Crippen LogP contribution in [0.15, 0.2) is 29.2 Å². The number of amides is 2. The molecule has 2 aliphatic rings. The monoisotopic (exact) mass is 442 g/mol. The fourth-order valence-corrected chi connectivity index (χ4v) is 4.95. The predicted octanol–water partition coefficient (Wildman–Crippen LogP) is 0.773. The van der Waals surface area contributed by atoms with E-state index in [9.17, 15) is 18.0 Å². The van der Waals surface area contributed by atoms with Crippen molar-refractivity contribution >= 4 is 33.4 Å². The van der Waals surface area contributed by atoms with Gasteiger partial charge in [-0.2, -0.15) is 4.72 Å². The van der Waals surface area contributed by atoms with Crippen LogP contribution in [0.4, 0.5) is 0 Å². The third kappa shape index (κ3) is 5.69. The van der Waals surface area contributed by atoms with Crippen molar-refractivity contribution in [2.45, 2.75) is 30.7 Å². The summed E-state index contributed by atoms with van der Waals surface area (Å²) in [5.74, 6) is -0.126. The number of rotatable bonds is 6. The zero-order valence-corrected chi connectivity index (χ0v) is 18.1. The largest absolute Gasteiger partial charge is 0.342 e. The first kappa shape index (κ1) is 22.0. The van der Waals surface area contributed by atoms with E-state index in [0.717, 1.165) is 25.9 Å². The van der Waals surface area contributed by atoms with Crippen molar-refractivity contribution in [3.63, 3.8) is 0 Å². The van der Waals surface area contributed by atoms with E-state index in [2.05, 4.69) is 4.72 Å². The van der Waals surface area contributed by atoms with E-state index in [0.29, 0.717) is 37.7 Å². The SMILES string of the molecule is C[C@H](NS(=O)(=O)c1ccc(Cl)cc1)C(=O)N1CCN(CC(=O)N2CCCC2)CC1. The number of likely N-dealkylation sites (tertiary alicyclic amines) is 1. The molecule has 1 atom stereocenters. The van der Waals surface area contributed by atoms with Gasteiger partial charge in [0.15, 0.2) is 0 Å². The Morgan fingerprint density at radius 3 is 2.17 bits per heavy atom. The van der Waals surface area contributed by atoms with E-state index in [1.54, 1.807) is 11.8 Å². The van der Waals surface area contributed by atoms with Crippen molar-refractivity contribution in [2.24, 2.45) is 0 Å². The number of hydrogen-bond donors (Lipinski definition) is 1. The van der Waals surface area contributed by atoms with Gasteiger partial charge in [-0.1, -0.05) is 11.6 Å². The number of piperazine rings is 1. The van der Waals surface area contributed by atoms with Crippen LogP contribution in [0.25, 0.3) is 0 Å². The summed E-state index contributed by atoms with van der Waals surface area (Å²) in [6.07, 6.45) is 2.13. The van der Waals surface area contributed by atoms with Crippen molar-refractivity contribution in [3.8, 4) is 0 Å². The van der Waals surface area contributed by atoms with Gasteiger partial charge in [-0.05, 0) is 44.0 Å². The van der Waals surface area contributed by atoms with Gasteiger partial charge in [0.05, 0.1) is 17.5 Å². The van der Waals surface area contributed by atoms with E-state index in [1.807, 2.05) is 9.80 Å². The molecule has 1 N–H and O–H groups in total. The molecule has 2 saturated heterocycles. The van der Waals surface area contributed by atoms with Crippen molar-refractivity contribution in [2.75, 3.05) is 45.8 Å². The van der Waals surface area contributed by atoms with Gasteiger partial charge in [0.2, 0.25) is 21.8 Å². The molecular formula is C19H27ClN4O4S. The molecule has 0 aliphatic carbocycles. The van der Waals surface area contributed by atoms with Crippen LogP contribution >= 0.6 is 11.6 Å². The number of sulfonamides is 1. The summed E-state index contributed by atoms with van der Waals surface area (Å²) in [6.45, 7) is 5.73. The third-order valence-corrected chi connectivity index (χ3v) is 7.14. The first-order valence-electron chi connectivity index (χ1n) is 9.83. The predicted molar refractivity (Wildman–Crippen MR) is 110 cm³/mol. The maximum atomic E-state index is 12.7. The molecule has 0 unspecified atom stereocenters. The second kappa shape index (κ2) is 9.42. The molecule has 2 amide bonds. The summed E-state index contributed by atoms with van der Waals surface area (Å²) in [7, 11) is -3.81. The highest BCUT2D eigenvalue weighted by atomic mass is 35.5. The minimum absolute atomic E-state index is 0.0618. The number of nitrogens with zero attached hydrogens (tertiary/aromatic N) is 3. The standard InChI is InChI=1S/C19H27ClN4O4S/c1-15(21-29(27,28)17-6-4-16(20)5-7-17)19(26)24-12-10-22(11-13-24)14-18(25)23-8-2-3-9-23/h4-7,15,21H,2-3,8-14H2,1H3/t15-/m0/s1. The van der Waals surface area contributed by atoms with Gasteiger partial charge in [-0.25, -0.2) is 8.42 Å². The van der Waals surface area contributed by atoms with Gasteiger partial charge in [0, 0.05) is 44.3 Å². The second-order valence-electron chi connectivity index (χ2n) is 7.49. The fourth-order valence-electron chi connectivity index (χ4n) is 3.62. The second-order valence-corrected chi connectivity index (χ2v) is 9.64. The Balaban J connectivity index is 1.49. The minimum Gasteiger partial charge on any atom is -0.342 e. The highest BCUT2D eigenvalue weighted by Gasteiger charge is 2.29. The van der Waals surface area contributed by atoms with Crippen LogP contribution in [0.1, 0.15) is 19.8 Å². The smallest absolute Gasteiger partial charge is 0.241 e. The molecule has 160 valence electrons. The van der Waals surface area contributed by atoms with Crippen molar-refractivity contribution in [3.05, 3.63) is 29.3 Å². The Labute approximate surface area is 176 Å². The molecule has 0 bridgehead atoms. The van der Waals surface area contributed by atoms with E-state index < -0.39 is 16.1 Å². The summed E-state index contributed by atoms with van der Waals surface area (Å²) in [6, 6.07) is 4.90. The average Bonchev–Trinajstić information content (AvgIpc) is 3.23. The highest BCUT2D eigenvalue weighted by Crippen LogP contribution is 2.15. The van der Waals surface area contributed by atoms with Crippen LogP contribution in [0, 0.1) is 0 Å². The van der Waals surface area contributed by atoms with Crippen LogP contribution in [0.5, 0.6) is 0 Å². The van der Waals surface area contributed by atoms with Crippen molar-refractivity contribution in [1.82, 2.24) is 19.4 Å². The molecule has 0 aromatic heterocycles. The molecule has 8 nitrogen and oxygen atoms in total. The lowest BCUT2D eigenvalue weighted by atomic mass is 10.2. The Morgan fingerprint density at radius 2 is 1.59 bits per heavy atom. The molecule has 2 aliphatic heterocycles. The zero-order chi connectivity index (χ0) is 21.0. The van der Waals surface area contributed by atoms with Gasteiger partial charge in [0.1, 0.15) is 0 Å². The lowest BCUT2D eigenvalue weighted by Gasteiger charge is -2.36. The maximum Gasteiger partial charge on any atom is 0.241 e. The Bertz CT molecular complexity index is 832. The number of carbonyl (C=O) groups is 2. The van der Waals surface area contributed by atoms with E-state index >= 15 is 0 Å². The van der Waals surface area contributed by atoms with E-state index in [4.69, 9.17) is 11.6 Å². The molecule has 1 aromatic rings. The Kier molecular flexibility index (Phi) is 7.15. The van der Waals surface area contributed by atoms with Crippen LogP contribution in [-0.2, 0) is 19.6 Å². The molecule has 0 spiro atoms. The maximum absolute atomic E-state index is 12.7. The number of halogens is 1. The molecule has 3 rings (SSSR count). The zero-order valence-electron chi connectivity index (χ0n) is 16.5. The Hall–Kier alpha value is -1.68. The fraction of sp³-hybridized carbons (Fsp3) is 0.579. The molecule has 1 aromatic carbocycles. The lowest BCUT2D eigenvalue weighted by Crippen LogP contribution is -2.55. The molecule has 29 heavy (non-hydrogen) atoms. The van der Waals surface area contributed by atoms with E-state index in [1.165, 1.54) is 24.3 Å². The van der Waals surface area contributed by atoms with E-state index in [-0.39, 0.29) is 16.7 Å². The first-order chi connectivity index (χ1) is 13.8. The number of nitrogens with one attached hydrogen (secondary N) is 1. The normalized spacial score (nSPS) is 19.4. The average molecular weight is 443 g/mol.